The van der Waals surface area contributed by atoms with E-state index in [0.29, 0.717) is 36.3 Å². The monoisotopic (exact) mass is 522 g/mol. The van der Waals surface area contributed by atoms with E-state index in [-0.39, 0.29) is 23.0 Å². The maximum absolute atomic E-state index is 13.2. The second-order valence-electron chi connectivity index (χ2n) is 9.78. The number of halogens is 2. The number of nitrogens with one attached hydrogen (secondary N) is 3. The summed E-state index contributed by atoms with van der Waals surface area (Å²) < 4.78 is 26.2. The van der Waals surface area contributed by atoms with E-state index in [1.54, 1.807) is 24.1 Å². The number of rotatable bonds is 4. The third kappa shape index (κ3) is 4.98. The van der Waals surface area contributed by atoms with Crippen LogP contribution in [-0.2, 0) is 11.2 Å². The van der Waals surface area contributed by atoms with Crippen molar-refractivity contribution in [3.05, 3.63) is 70.4 Å². The molecule has 0 aromatic carbocycles. The van der Waals surface area contributed by atoms with Gasteiger partial charge in [0.05, 0.1) is 22.8 Å². The number of nitrogens with zero attached hydrogens (tertiary/aromatic N) is 5. The fourth-order valence-electron chi connectivity index (χ4n) is 5.06. The molecular formula is C26H28F2N8O2. The van der Waals surface area contributed by atoms with Gasteiger partial charge in [0.15, 0.2) is 11.7 Å². The van der Waals surface area contributed by atoms with Gasteiger partial charge < -0.3 is 20.3 Å². The number of hydrogen-bond acceptors (Lipinski definition) is 7. The van der Waals surface area contributed by atoms with Crippen LogP contribution in [0, 0.1) is 12.3 Å². The molecule has 38 heavy (non-hydrogen) atoms. The molecule has 5 heterocycles. The lowest BCUT2D eigenvalue weighted by Crippen LogP contribution is -2.46. The van der Waals surface area contributed by atoms with Crippen LogP contribution in [-0.4, -0.2) is 60.3 Å². The summed E-state index contributed by atoms with van der Waals surface area (Å²) in [4.78, 5) is 34.2. The molecule has 0 radical (unpaired) electrons. The Morgan fingerprint density at radius 1 is 1.24 bits per heavy atom. The molecule has 1 saturated heterocycles. The molecule has 2 aliphatic heterocycles. The lowest BCUT2D eigenvalue weighted by Gasteiger charge is -2.36. The highest BCUT2D eigenvalue weighted by Gasteiger charge is 2.43. The van der Waals surface area contributed by atoms with Crippen LogP contribution in [0.25, 0.3) is 0 Å². The van der Waals surface area contributed by atoms with Gasteiger partial charge in [0.2, 0.25) is 11.8 Å². The molecule has 12 heteroatoms. The van der Waals surface area contributed by atoms with Crippen molar-refractivity contribution in [1.29, 1.82) is 5.41 Å². The van der Waals surface area contributed by atoms with Crippen LogP contribution in [0.1, 0.15) is 60.4 Å². The van der Waals surface area contributed by atoms with Crippen LogP contribution >= 0.6 is 0 Å². The number of aromatic hydroxyl groups is 1. The summed E-state index contributed by atoms with van der Waals surface area (Å²) in [6, 6.07) is 8.59. The Kier molecular flexibility index (Phi) is 6.64. The number of amidine groups is 1. The predicted molar refractivity (Wildman–Crippen MR) is 135 cm³/mol. The lowest BCUT2D eigenvalue weighted by molar-refractivity contribution is -0.131. The second kappa shape index (κ2) is 9.92. The number of H-pyrrole nitrogens is 1. The van der Waals surface area contributed by atoms with E-state index >= 15 is 0 Å². The van der Waals surface area contributed by atoms with E-state index in [1.165, 1.54) is 0 Å². The average molecular weight is 523 g/mol. The molecule has 3 aromatic rings. The number of carbonyl (C=O) groups excluding carboxylic acids is 1. The molecule has 2 aliphatic rings. The second-order valence-corrected chi connectivity index (χ2v) is 9.78. The van der Waals surface area contributed by atoms with Gasteiger partial charge in [-0.25, -0.2) is 23.7 Å². The zero-order chi connectivity index (χ0) is 27.0. The van der Waals surface area contributed by atoms with Gasteiger partial charge in [-0.3, -0.25) is 10.2 Å². The van der Waals surface area contributed by atoms with Crippen LogP contribution in [0.2, 0.25) is 0 Å². The van der Waals surface area contributed by atoms with Crippen molar-refractivity contribution < 1.29 is 18.7 Å². The van der Waals surface area contributed by atoms with Crippen molar-refractivity contribution >= 4 is 17.6 Å². The maximum atomic E-state index is 13.2. The summed E-state index contributed by atoms with van der Waals surface area (Å²) in [7, 11) is 0. The van der Waals surface area contributed by atoms with E-state index < -0.39 is 24.0 Å². The number of amides is 1. The number of alkyl halides is 2. The van der Waals surface area contributed by atoms with Gasteiger partial charge in [-0.2, -0.15) is 4.98 Å². The molecule has 5 rings (SSSR count). The fourth-order valence-corrected chi connectivity index (χ4v) is 5.06. The topological polar surface area (TPSA) is 143 Å². The van der Waals surface area contributed by atoms with Crippen molar-refractivity contribution in [2.75, 3.05) is 18.4 Å². The first-order chi connectivity index (χ1) is 18.1. The molecule has 3 aromatic heterocycles. The minimum Gasteiger partial charge on any atom is -0.493 e. The smallest absolute Gasteiger partial charge is 0.297 e. The minimum absolute atomic E-state index is 0.0616. The summed E-state index contributed by atoms with van der Waals surface area (Å²) in [5.41, 5.74) is 2.61. The van der Waals surface area contributed by atoms with E-state index in [4.69, 9.17) is 10.4 Å². The molecule has 0 unspecified atom stereocenters. The third-order valence-corrected chi connectivity index (χ3v) is 7.15. The van der Waals surface area contributed by atoms with Gasteiger partial charge in [-0.05, 0) is 56.9 Å². The number of hydrogen-bond donors (Lipinski definition) is 4. The number of aromatic nitrogens is 4. The average Bonchev–Trinajstić information content (AvgIpc) is 3.30. The fraction of sp³-hybridized carbons (Fsp3) is 0.385. The number of aromatic amines is 1. The number of carbonyl (C=O) groups is 1. The van der Waals surface area contributed by atoms with E-state index in [0.717, 1.165) is 30.3 Å². The molecule has 0 saturated carbocycles. The summed E-state index contributed by atoms with van der Waals surface area (Å²) in [5, 5.41) is 21.7. The molecule has 0 aliphatic carbocycles. The number of pyridine rings is 2. The highest BCUT2D eigenvalue weighted by Crippen LogP contribution is 2.38. The molecule has 0 bridgehead atoms. The van der Waals surface area contributed by atoms with E-state index in [9.17, 15) is 18.7 Å². The number of aryl methyl sites for hydroxylation is 2. The quantitative estimate of drug-likeness (QED) is 0.306. The van der Waals surface area contributed by atoms with E-state index in [1.807, 2.05) is 25.1 Å². The molecule has 1 amide bonds. The standard InChI is InChI=1S/C26H28F2N8O2/c1-14(18-12-20(37)34-24(32-18)21(27)28)25(38)36-10-8-26(13-36)7-6-16-11-17(15(2)31-23(16)35-26)22(29)33-19-5-3-4-9-30-19/h3-5,9,11-12,14,21H,6-8,10,13H2,1-2H3,(H,31,35)(H2,29,30,33)(H,32,34,37)/t14-,26-/m0/s1. The van der Waals surface area contributed by atoms with Crippen LogP contribution in [0.4, 0.5) is 14.6 Å². The third-order valence-electron chi connectivity index (χ3n) is 7.15. The maximum Gasteiger partial charge on any atom is 0.297 e. The molecule has 198 valence electrons. The van der Waals surface area contributed by atoms with Crippen molar-refractivity contribution in [2.24, 2.45) is 4.99 Å². The highest BCUT2D eigenvalue weighted by molar-refractivity contribution is 5.98. The SMILES string of the molecule is Cc1nc2c(cc1C(=N)/N=c1/cccc[nH]1)CC[C@@]1(CCN(C(=O)[C@@H](C)c3cc(O)nc(C(F)F)n3)C1)N2. The largest absolute Gasteiger partial charge is 0.493 e. The Morgan fingerprint density at radius 2 is 2.05 bits per heavy atom. The van der Waals surface area contributed by atoms with Gasteiger partial charge in [-0.1, -0.05) is 6.07 Å². The number of fused-ring (bicyclic) bond motifs is 1. The Bertz CT molecular complexity index is 1460. The van der Waals surface area contributed by atoms with Gasteiger partial charge in [0.25, 0.3) is 6.43 Å². The predicted octanol–water partition coefficient (Wildman–Crippen LogP) is 3.21. The minimum atomic E-state index is -2.95. The first-order valence-electron chi connectivity index (χ1n) is 12.3. The Labute approximate surface area is 217 Å². The van der Waals surface area contributed by atoms with Gasteiger partial charge in [-0.15, -0.1) is 0 Å². The zero-order valence-corrected chi connectivity index (χ0v) is 21.0. The number of anilines is 1. The van der Waals surface area contributed by atoms with Gasteiger partial charge in [0, 0.05) is 30.9 Å². The van der Waals surface area contributed by atoms with Crippen molar-refractivity contribution in [3.8, 4) is 5.88 Å². The molecule has 4 N–H and O–H groups in total. The normalized spacial score (nSPS) is 19.9. The van der Waals surface area contributed by atoms with Crippen LogP contribution in [0.15, 0.2) is 41.5 Å². The molecule has 1 fully saturated rings. The Hall–Kier alpha value is -4.22. The highest BCUT2D eigenvalue weighted by atomic mass is 19.3. The van der Waals surface area contributed by atoms with Crippen LogP contribution in [0.3, 0.4) is 0 Å². The van der Waals surface area contributed by atoms with Crippen molar-refractivity contribution in [2.45, 2.75) is 51.0 Å². The number of likely N-dealkylation sites (tertiary alicyclic amines) is 1. The lowest BCUT2D eigenvalue weighted by atomic mass is 9.86. The summed E-state index contributed by atoms with van der Waals surface area (Å²) >= 11 is 0. The van der Waals surface area contributed by atoms with Gasteiger partial charge in [0.1, 0.15) is 11.3 Å². The van der Waals surface area contributed by atoms with Crippen molar-refractivity contribution in [3.63, 3.8) is 0 Å². The first kappa shape index (κ1) is 25.4. The molecule has 2 atom stereocenters. The Balaban J connectivity index is 1.31. The molecule has 1 spiro atoms. The molecule has 10 nitrogen and oxygen atoms in total. The Morgan fingerprint density at radius 3 is 2.79 bits per heavy atom. The molecular weight excluding hydrogens is 494 g/mol. The van der Waals surface area contributed by atoms with Crippen LogP contribution in [0.5, 0.6) is 5.88 Å². The summed E-state index contributed by atoms with van der Waals surface area (Å²) in [6.45, 7) is 4.37. The summed E-state index contributed by atoms with van der Waals surface area (Å²) in [6.07, 6.45) is 1.00. The first-order valence-corrected chi connectivity index (χ1v) is 12.3. The van der Waals surface area contributed by atoms with Gasteiger partial charge >= 0.3 is 0 Å². The van der Waals surface area contributed by atoms with E-state index in [2.05, 4.69) is 25.3 Å². The summed E-state index contributed by atoms with van der Waals surface area (Å²) in [5.74, 6) is -1.59. The zero-order valence-electron chi connectivity index (χ0n) is 21.0. The van der Waals surface area contributed by atoms with Crippen molar-refractivity contribution in [1.82, 2.24) is 24.8 Å². The van der Waals surface area contributed by atoms with Crippen LogP contribution < -0.4 is 10.8 Å².